The van der Waals surface area contributed by atoms with Gasteiger partial charge in [-0.1, -0.05) is 30.3 Å². The molecule has 1 heterocycles. The Morgan fingerprint density at radius 1 is 0.879 bits per heavy atom. The number of halogens is 1. The summed E-state index contributed by atoms with van der Waals surface area (Å²) in [4.78, 5) is 30.4. The summed E-state index contributed by atoms with van der Waals surface area (Å²) in [5.74, 6) is -0.982. The van der Waals surface area contributed by atoms with E-state index in [0.717, 1.165) is 32.7 Å². The molecule has 1 aliphatic heterocycles. The summed E-state index contributed by atoms with van der Waals surface area (Å²) in [6.07, 6.45) is 0. The predicted molar refractivity (Wildman–Crippen MR) is 128 cm³/mol. The Morgan fingerprint density at radius 2 is 1.58 bits per heavy atom. The molecule has 0 saturated carbocycles. The lowest BCUT2D eigenvalue weighted by atomic mass is 9.98. The molecule has 1 N–H and O–H groups in total. The third-order valence-corrected chi connectivity index (χ3v) is 5.98. The zero-order valence-corrected chi connectivity index (χ0v) is 18.8. The van der Waals surface area contributed by atoms with Gasteiger partial charge in [-0.25, -0.2) is 4.39 Å². The molecule has 3 aromatic rings. The van der Waals surface area contributed by atoms with Crippen LogP contribution < -0.4 is 10.2 Å². The van der Waals surface area contributed by atoms with E-state index < -0.39 is 5.82 Å². The van der Waals surface area contributed by atoms with Gasteiger partial charge in [0.1, 0.15) is 5.82 Å². The van der Waals surface area contributed by atoms with E-state index in [-0.39, 0.29) is 11.7 Å². The summed E-state index contributed by atoms with van der Waals surface area (Å²) in [5.41, 5.74) is 3.51. The van der Waals surface area contributed by atoms with Crippen molar-refractivity contribution in [2.24, 2.45) is 0 Å². The summed E-state index contributed by atoms with van der Waals surface area (Å²) in [5, 5.41) is 2.95. The first-order valence-electron chi connectivity index (χ1n) is 11.2. The van der Waals surface area contributed by atoms with E-state index in [0.29, 0.717) is 23.2 Å². The van der Waals surface area contributed by atoms with Crippen molar-refractivity contribution < 1.29 is 14.0 Å². The minimum atomic E-state index is -0.405. The maximum Gasteiger partial charge on any atom is 0.252 e. The number of rotatable bonds is 7. The number of benzene rings is 3. The number of carbonyl (C=O) groups excluding carboxylic acids is 2. The van der Waals surface area contributed by atoms with Crippen LogP contribution in [-0.2, 0) is 0 Å². The van der Waals surface area contributed by atoms with E-state index in [1.54, 1.807) is 24.3 Å². The van der Waals surface area contributed by atoms with Gasteiger partial charge >= 0.3 is 0 Å². The number of amides is 1. The molecule has 0 aromatic heterocycles. The monoisotopic (exact) mass is 445 g/mol. The molecule has 0 aliphatic carbocycles. The summed E-state index contributed by atoms with van der Waals surface area (Å²) >= 11 is 0. The van der Waals surface area contributed by atoms with Crippen LogP contribution in [0.5, 0.6) is 0 Å². The second-order valence-corrected chi connectivity index (χ2v) is 8.31. The Bertz CT molecular complexity index is 1120. The van der Waals surface area contributed by atoms with Crippen molar-refractivity contribution in [1.29, 1.82) is 0 Å². The van der Waals surface area contributed by atoms with Crippen LogP contribution in [0.3, 0.4) is 0 Å². The molecule has 0 radical (unpaired) electrons. The van der Waals surface area contributed by atoms with Gasteiger partial charge in [0.2, 0.25) is 0 Å². The average molecular weight is 446 g/mol. The predicted octanol–water partition coefficient (Wildman–Crippen LogP) is 3.92. The smallest absolute Gasteiger partial charge is 0.252 e. The third kappa shape index (κ3) is 5.65. The molecule has 4 rings (SSSR count). The molecular formula is C27H28FN3O2. The van der Waals surface area contributed by atoms with Crippen molar-refractivity contribution in [3.05, 3.63) is 101 Å². The fraction of sp³-hybridized carbons (Fsp3) is 0.259. The van der Waals surface area contributed by atoms with E-state index in [9.17, 15) is 14.0 Å². The van der Waals surface area contributed by atoms with Gasteiger partial charge in [0.05, 0.1) is 5.56 Å². The standard InChI is InChI=1S/C27H28FN3O2/c1-20-5-4-6-23(19-20)31-17-15-30(16-18-31)14-13-29-27(33)25-8-3-2-7-24(25)26(32)21-9-11-22(28)12-10-21/h2-12,19H,13-18H2,1H3,(H,29,33). The molecule has 0 spiro atoms. The van der Waals surface area contributed by atoms with Gasteiger partial charge in [0, 0.05) is 56.1 Å². The van der Waals surface area contributed by atoms with Crippen LogP contribution in [-0.4, -0.2) is 55.9 Å². The van der Waals surface area contributed by atoms with E-state index in [1.165, 1.54) is 35.5 Å². The molecule has 170 valence electrons. The van der Waals surface area contributed by atoms with Crippen LogP contribution in [0.2, 0.25) is 0 Å². The highest BCUT2D eigenvalue weighted by Crippen LogP contribution is 2.18. The molecule has 1 amide bonds. The van der Waals surface area contributed by atoms with Crippen molar-refractivity contribution in [3.8, 4) is 0 Å². The van der Waals surface area contributed by atoms with E-state index in [2.05, 4.69) is 46.3 Å². The fourth-order valence-electron chi connectivity index (χ4n) is 4.11. The lowest BCUT2D eigenvalue weighted by Gasteiger charge is -2.36. The first kappa shape index (κ1) is 22.7. The van der Waals surface area contributed by atoms with E-state index in [4.69, 9.17) is 0 Å². The second-order valence-electron chi connectivity index (χ2n) is 8.31. The van der Waals surface area contributed by atoms with Gasteiger partial charge in [-0.05, 0) is 55.0 Å². The van der Waals surface area contributed by atoms with Crippen LogP contribution in [0, 0.1) is 12.7 Å². The Kier molecular flexibility index (Phi) is 7.15. The SMILES string of the molecule is Cc1cccc(N2CCN(CCNC(=O)c3ccccc3C(=O)c3ccc(F)cc3)CC2)c1. The summed E-state index contributed by atoms with van der Waals surface area (Å²) in [6, 6.07) is 20.6. The van der Waals surface area contributed by atoms with E-state index in [1.807, 2.05) is 0 Å². The quantitative estimate of drug-likeness (QED) is 0.560. The molecule has 1 aliphatic rings. The summed E-state index contributed by atoms with van der Waals surface area (Å²) < 4.78 is 13.2. The van der Waals surface area contributed by atoms with Crippen molar-refractivity contribution in [1.82, 2.24) is 10.2 Å². The van der Waals surface area contributed by atoms with Crippen molar-refractivity contribution in [2.45, 2.75) is 6.92 Å². The second kappa shape index (κ2) is 10.4. The normalized spacial score (nSPS) is 14.2. The molecule has 5 nitrogen and oxygen atoms in total. The number of nitrogens with zero attached hydrogens (tertiary/aromatic N) is 2. The van der Waals surface area contributed by atoms with Gasteiger partial charge in [-0.15, -0.1) is 0 Å². The van der Waals surface area contributed by atoms with Crippen LogP contribution in [0.1, 0.15) is 31.8 Å². The third-order valence-electron chi connectivity index (χ3n) is 5.98. The first-order chi connectivity index (χ1) is 16.0. The number of anilines is 1. The molecule has 3 aromatic carbocycles. The topological polar surface area (TPSA) is 52.6 Å². The van der Waals surface area contributed by atoms with Crippen LogP contribution in [0.25, 0.3) is 0 Å². The Hall–Kier alpha value is -3.51. The number of ketones is 1. The van der Waals surface area contributed by atoms with Gasteiger partial charge < -0.3 is 10.2 Å². The molecule has 33 heavy (non-hydrogen) atoms. The number of nitrogens with one attached hydrogen (secondary N) is 1. The van der Waals surface area contributed by atoms with Crippen LogP contribution in [0.4, 0.5) is 10.1 Å². The van der Waals surface area contributed by atoms with Gasteiger partial charge in [0.15, 0.2) is 5.78 Å². The molecule has 1 saturated heterocycles. The van der Waals surface area contributed by atoms with Crippen LogP contribution >= 0.6 is 0 Å². The summed E-state index contributed by atoms with van der Waals surface area (Å²) in [6.45, 7) is 7.13. The van der Waals surface area contributed by atoms with Crippen molar-refractivity contribution in [2.75, 3.05) is 44.2 Å². The highest BCUT2D eigenvalue weighted by atomic mass is 19.1. The fourth-order valence-corrected chi connectivity index (χ4v) is 4.11. The zero-order valence-electron chi connectivity index (χ0n) is 18.8. The molecule has 0 bridgehead atoms. The van der Waals surface area contributed by atoms with Gasteiger partial charge in [0.25, 0.3) is 5.91 Å². The van der Waals surface area contributed by atoms with Crippen LogP contribution in [0.15, 0.2) is 72.8 Å². The van der Waals surface area contributed by atoms with Gasteiger partial charge in [-0.2, -0.15) is 0 Å². The largest absolute Gasteiger partial charge is 0.369 e. The molecular weight excluding hydrogens is 417 g/mol. The zero-order chi connectivity index (χ0) is 23.2. The van der Waals surface area contributed by atoms with E-state index >= 15 is 0 Å². The Morgan fingerprint density at radius 3 is 2.27 bits per heavy atom. The number of hydrogen-bond donors (Lipinski definition) is 1. The molecule has 0 atom stereocenters. The lowest BCUT2D eigenvalue weighted by molar-refractivity contribution is 0.0937. The highest BCUT2D eigenvalue weighted by Gasteiger charge is 2.20. The maximum absolute atomic E-state index is 13.2. The number of piperazine rings is 1. The summed E-state index contributed by atoms with van der Waals surface area (Å²) in [7, 11) is 0. The minimum Gasteiger partial charge on any atom is -0.369 e. The highest BCUT2D eigenvalue weighted by molar-refractivity contribution is 6.15. The maximum atomic E-state index is 13.2. The average Bonchev–Trinajstić information content (AvgIpc) is 2.84. The minimum absolute atomic E-state index is 0.278. The Balaban J connectivity index is 1.30. The van der Waals surface area contributed by atoms with Crippen molar-refractivity contribution >= 4 is 17.4 Å². The number of hydrogen-bond acceptors (Lipinski definition) is 4. The molecule has 0 unspecified atom stereocenters. The number of carbonyl (C=O) groups is 2. The first-order valence-corrected chi connectivity index (χ1v) is 11.2. The number of aryl methyl sites for hydroxylation is 1. The Labute approximate surface area is 193 Å². The van der Waals surface area contributed by atoms with Gasteiger partial charge in [-0.3, -0.25) is 14.5 Å². The lowest BCUT2D eigenvalue weighted by Crippen LogP contribution is -2.48. The molecule has 6 heteroatoms. The molecule has 1 fully saturated rings. The van der Waals surface area contributed by atoms with Crippen molar-refractivity contribution in [3.63, 3.8) is 0 Å².